The minimum absolute atomic E-state index is 0. The molecule has 0 aromatic heterocycles. The van der Waals surface area contributed by atoms with Gasteiger partial charge in [0, 0.05) is 6.08 Å². The number of carboxylic acid groups (broad SMARTS) is 1. The smallest absolute Gasteiger partial charge is 0.327 e. The third kappa shape index (κ3) is 9.05. The summed E-state index contributed by atoms with van der Waals surface area (Å²) < 4.78 is 0. The van der Waals surface area contributed by atoms with Crippen LogP contribution in [0, 0.1) is 0 Å². The van der Waals surface area contributed by atoms with Crippen molar-refractivity contribution in [1.82, 2.24) is 0 Å². The molecule has 6 heavy (non-hydrogen) atoms. The van der Waals surface area contributed by atoms with E-state index in [0.29, 0.717) is 0 Å². The number of halogens is 1. The average molecular weight is 200 g/mol. The summed E-state index contributed by atoms with van der Waals surface area (Å²) in [4.78, 5) is 9.25. The van der Waals surface area contributed by atoms with Gasteiger partial charge < -0.3 is 5.11 Å². The van der Waals surface area contributed by atoms with Gasteiger partial charge in [-0.15, -0.1) is 24.0 Å². The molecule has 0 radical (unpaired) electrons. The molecule has 0 aliphatic carbocycles. The van der Waals surface area contributed by atoms with Gasteiger partial charge in [-0.3, -0.25) is 0 Å². The Hall–Kier alpha value is -0.0600. The maximum Gasteiger partial charge on any atom is 0.327 e. The Morgan fingerprint density at radius 1 is 1.83 bits per heavy atom. The number of carboxylic acids is 1. The zero-order valence-corrected chi connectivity index (χ0v) is 5.38. The van der Waals surface area contributed by atoms with Crippen LogP contribution in [0.2, 0.25) is 0 Å². The van der Waals surface area contributed by atoms with Gasteiger partial charge in [0.25, 0.3) is 0 Å². The van der Waals surface area contributed by atoms with Gasteiger partial charge in [-0.1, -0.05) is 6.58 Å². The standard InChI is InChI=1S/C3H4O2.HI/c1-2-3(4)5;/h2H,1H2,(H,4,5);1H. The summed E-state index contributed by atoms with van der Waals surface area (Å²) in [5.41, 5.74) is 0. The first-order chi connectivity index (χ1) is 2.27. The van der Waals surface area contributed by atoms with Crippen molar-refractivity contribution in [3.8, 4) is 0 Å². The van der Waals surface area contributed by atoms with Crippen LogP contribution in [0.15, 0.2) is 12.7 Å². The average Bonchev–Trinajstić information content (AvgIpc) is 1.38. The Morgan fingerprint density at radius 2 is 2.00 bits per heavy atom. The van der Waals surface area contributed by atoms with Crippen molar-refractivity contribution < 1.29 is 9.90 Å². The second-order valence-corrected chi connectivity index (χ2v) is 0.542. The molecule has 0 atom stereocenters. The number of carbonyl (C=O) groups is 1. The van der Waals surface area contributed by atoms with E-state index < -0.39 is 5.97 Å². The fraction of sp³-hybridized carbons (Fsp3) is 0. The number of hydrogen-bond acceptors (Lipinski definition) is 1. The highest BCUT2D eigenvalue weighted by molar-refractivity contribution is 14.0. The van der Waals surface area contributed by atoms with Crippen molar-refractivity contribution in [3.05, 3.63) is 12.7 Å². The Morgan fingerprint density at radius 3 is 2.00 bits per heavy atom. The van der Waals surface area contributed by atoms with Crippen LogP contribution in [0.4, 0.5) is 0 Å². The molecule has 0 bridgehead atoms. The highest BCUT2D eigenvalue weighted by atomic mass is 127. The largest absolute Gasteiger partial charge is 0.478 e. The minimum atomic E-state index is -0.981. The lowest BCUT2D eigenvalue weighted by atomic mass is 10.7. The van der Waals surface area contributed by atoms with Crippen LogP contribution in [-0.2, 0) is 4.79 Å². The summed E-state index contributed by atoms with van der Waals surface area (Å²) in [6.07, 6.45) is 0.833. The zero-order chi connectivity index (χ0) is 4.28. The summed E-state index contributed by atoms with van der Waals surface area (Å²) >= 11 is 0. The van der Waals surface area contributed by atoms with Crippen LogP contribution >= 0.6 is 24.0 Å². The Kier molecular flexibility index (Phi) is 7.69. The summed E-state index contributed by atoms with van der Waals surface area (Å²) in [6, 6.07) is 0. The van der Waals surface area contributed by atoms with E-state index in [4.69, 9.17) is 5.11 Å². The van der Waals surface area contributed by atoms with Crippen molar-refractivity contribution in [2.75, 3.05) is 0 Å². The fourth-order valence-electron chi connectivity index (χ4n) is 0. The molecule has 0 saturated heterocycles. The first-order valence-electron chi connectivity index (χ1n) is 1.12. The van der Waals surface area contributed by atoms with Gasteiger partial charge >= 0.3 is 5.97 Å². The third-order valence-corrected chi connectivity index (χ3v) is 0.175. The molecule has 0 aromatic carbocycles. The van der Waals surface area contributed by atoms with Crippen LogP contribution in [-0.4, -0.2) is 11.1 Å². The van der Waals surface area contributed by atoms with E-state index in [0.717, 1.165) is 6.08 Å². The van der Waals surface area contributed by atoms with E-state index in [9.17, 15) is 4.79 Å². The predicted octanol–water partition coefficient (Wildman–Crippen LogP) is 0.875. The zero-order valence-electron chi connectivity index (χ0n) is 3.05. The number of rotatable bonds is 1. The Balaban J connectivity index is 0. The topological polar surface area (TPSA) is 37.3 Å². The van der Waals surface area contributed by atoms with Gasteiger partial charge in [0.2, 0.25) is 0 Å². The lowest BCUT2D eigenvalue weighted by Crippen LogP contribution is -1.82. The van der Waals surface area contributed by atoms with Crippen molar-refractivity contribution in [2.45, 2.75) is 0 Å². The Bertz CT molecular complexity index is 59.8. The second-order valence-electron chi connectivity index (χ2n) is 0.542. The van der Waals surface area contributed by atoms with E-state index in [2.05, 4.69) is 6.58 Å². The Labute approximate surface area is 52.9 Å². The normalized spacial score (nSPS) is 5.33. The molecule has 0 fully saturated rings. The van der Waals surface area contributed by atoms with E-state index in [1.54, 1.807) is 0 Å². The quantitative estimate of drug-likeness (QED) is 0.503. The summed E-state index contributed by atoms with van der Waals surface area (Å²) in [7, 11) is 0. The lowest BCUT2D eigenvalue weighted by molar-refractivity contribution is -0.131. The van der Waals surface area contributed by atoms with Crippen molar-refractivity contribution in [2.24, 2.45) is 0 Å². The maximum absolute atomic E-state index is 9.25. The second kappa shape index (κ2) is 4.94. The van der Waals surface area contributed by atoms with E-state index in [1.165, 1.54) is 0 Å². The molecule has 0 rings (SSSR count). The molecule has 0 unspecified atom stereocenters. The van der Waals surface area contributed by atoms with Gasteiger partial charge in [0.1, 0.15) is 0 Å². The molecule has 3 heteroatoms. The van der Waals surface area contributed by atoms with Crippen LogP contribution < -0.4 is 0 Å². The SMILES string of the molecule is C=CC(=O)O.I. The van der Waals surface area contributed by atoms with Crippen LogP contribution in [0.3, 0.4) is 0 Å². The molecule has 1 N–H and O–H groups in total. The van der Waals surface area contributed by atoms with Gasteiger partial charge in [-0.05, 0) is 0 Å². The predicted molar refractivity (Wildman–Crippen MR) is 33.2 cm³/mol. The number of aliphatic carboxylic acids is 1. The fourth-order valence-corrected chi connectivity index (χ4v) is 0. The van der Waals surface area contributed by atoms with Gasteiger partial charge in [-0.25, -0.2) is 4.79 Å². The van der Waals surface area contributed by atoms with Gasteiger partial charge in [0.15, 0.2) is 0 Å². The molecule has 0 spiro atoms. The lowest BCUT2D eigenvalue weighted by Gasteiger charge is -1.64. The van der Waals surface area contributed by atoms with Gasteiger partial charge in [-0.2, -0.15) is 0 Å². The molecule has 0 aromatic rings. The summed E-state index contributed by atoms with van der Waals surface area (Å²) in [5.74, 6) is -0.981. The summed E-state index contributed by atoms with van der Waals surface area (Å²) in [6.45, 7) is 2.96. The highest BCUT2D eigenvalue weighted by Gasteiger charge is 1.73. The maximum atomic E-state index is 9.25. The third-order valence-electron chi connectivity index (χ3n) is 0.175. The minimum Gasteiger partial charge on any atom is -0.478 e. The van der Waals surface area contributed by atoms with E-state index in [-0.39, 0.29) is 24.0 Å². The first kappa shape index (κ1) is 9.34. The molecule has 0 saturated carbocycles. The first-order valence-corrected chi connectivity index (χ1v) is 1.12. The molecule has 2 nitrogen and oxygen atoms in total. The monoisotopic (exact) mass is 200 g/mol. The van der Waals surface area contributed by atoms with E-state index >= 15 is 0 Å². The van der Waals surface area contributed by atoms with E-state index in [1.807, 2.05) is 0 Å². The van der Waals surface area contributed by atoms with Crippen LogP contribution in [0.25, 0.3) is 0 Å². The number of hydrogen-bond donors (Lipinski definition) is 1. The van der Waals surface area contributed by atoms with Gasteiger partial charge in [0.05, 0.1) is 0 Å². The molecule has 0 amide bonds. The van der Waals surface area contributed by atoms with Crippen LogP contribution in [0.1, 0.15) is 0 Å². The highest BCUT2D eigenvalue weighted by Crippen LogP contribution is 1.54. The molecular formula is C3H5IO2. The van der Waals surface area contributed by atoms with Crippen molar-refractivity contribution in [3.63, 3.8) is 0 Å². The van der Waals surface area contributed by atoms with Crippen molar-refractivity contribution in [1.29, 1.82) is 0 Å². The molecule has 0 aliphatic heterocycles. The van der Waals surface area contributed by atoms with Crippen molar-refractivity contribution >= 4 is 29.9 Å². The molecule has 36 valence electrons. The molecule has 0 aliphatic rings. The molecule has 0 heterocycles. The van der Waals surface area contributed by atoms with Crippen LogP contribution in [0.5, 0.6) is 0 Å². The molecular weight excluding hydrogens is 195 g/mol. The summed E-state index contributed by atoms with van der Waals surface area (Å²) in [5, 5.41) is 7.60.